The van der Waals surface area contributed by atoms with E-state index in [-0.39, 0.29) is 17.5 Å². The van der Waals surface area contributed by atoms with Crippen LogP contribution in [0, 0.1) is 24.5 Å². The molecule has 1 heterocycles. The van der Waals surface area contributed by atoms with Gasteiger partial charge in [-0.15, -0.1) is 0 Å². The molecule has 1 amide bonds. The van der Waals surface area contributed by atoms with Crippen LogP contribution in [0.15, 0.2) is 24.3 Å². The molecule has 2 N–H and O–H groups in total. The van der Waals surface area contributed by atoms with Crippen LogP contribution in [-0.2, 0) is 6.54 Å². The first-order valence-corrected chi connectivity index (χ1v) is 11.6. The molecule has 6 heteroatoms. The number of rotatable bonds is 5. The Morgan fingerprint density at radius 2 is 1.77 bits per heavy atom. The molecule has 168 valence electrons. The van der Waals surface area contributed by atoms with E-state index in [9.17, 15) is 18.7 Å². The fourth-order valence-electron chi connectivity index (χ4n) is 5.18. The third-order valence-corrected chi connectivity index (χ3v) is 7.03. The zero-order valence-corrected chi connectivity index (χ0v) is 18.2. The molecule has 1 aromatic heterocycles. The molecule has 2 unspecified atom stereocenters. The number of aliphatic hydroxyl groups excluding tert-OH is 1. The lowest BCUT2D eigenvalue weighted by Gasteiger charge is -2.28. The number of aliphatic hydroxyl groups is 1. The summed E-state index contributed by atoms with van der Waals surface area (Å²) >= 11 is 0. The largest absolute Gasteiger partial charge is 0.391 e. The molecule has 2 aliphatic carbocycles. The van der Waals surface area contributed by atoms with E-state index >= 15 is 0 Å². The molecule has 0 aliphatic heterocycles. The van der Waals surface area contributed by atoms with Crippen molar-refractivity contribution in [1.29, 1.82) is 0 Å². The fourth-order valence-corrected chi connectivity index (χ4v) is 5.18. The van der Waals surface area contributed by atoms with E-state index in [1.54, 1.807) is 6.07 Å². The van der Waals surface area contributed by atoms with Crippen molar-refractivity contribution in [3.63, 3.8) is 0 Å². The standard InChI is InChI=1S/C25H32F2N2O2/c1-16-19(25(31)28-22-9-5-6-10-24(22)30)14-23(20-13-18(26)11-12-21(20)27)29(16)15-17-7-3-2-4-8-17/h11-14,17,22,24,30H,2-10,15H2,1H3,(H,28,31). The van der Waals surface area contributed by atoms with E-state index in [4.69, 9.17) is 0 Å². The lowest BCUT2D eigenvalue weighted by Crippen LogP contribution is -2.45. The number of amides is 1. The van der Waals surface area contributed by atoms with Gasteiger partial charge in [0.1, 0.15) is 11.6 Å². The number of hydrogen-bond acceptors (Lipinski definition) is 2. The van der Waals surface area contributed by atoms with E-state index in [0.29, 0.717) is 30.1 Å². The van der Waals surface area contributed by atoms with Crippen molar-refractivity contribution in [2.75, 3.05) is 0 Å². The number of nitrogens with zero attached hydrogens (tertiary/aromatic N) is 1. The molecule has 2 atom stereocenters. The summed E-state index contributed by atoms with van der Waals surface area (Å²) in [6.45, 7) is 2.56. The van der Waals surface area contributed by atoms with Gasteiger partial charge in [-0.25, -0.2) is 8.78 Å². The van der Waals surface area contributed by atoms with E-state index in [0.717, 1.165) is 49.9 Å². The van der Waals surface area contributed by atoms with Gasteiger partial charge < -0.3 is 15.0 Å². The fraction of sp³-hybridized carbons (Fsp3) is 0.560. The highest BCUT2D eigenvalue weighted by Gasteiger charge is 2.28. The van der Waals surface area contributed by atoms with Crippen molar-refractivity contribution in [3.8, 4) is 11.3 Å². The van der Waals surface area contributed by atoms with Crippen molar-refractivity contribution in [1.82, 2.24) is 9.88 Å². The Bertz CT molecular complexity index is 934. The van der Waals surface area contributed by atoms with Crippen LogP contribution in [0.5, 0.6) is 0 Å². The van der Waals surface area contributed by atoms with Crippen LogP contribution in [-0.4, -0.2) is 27.7 Å². The Morgan fingerprint density at radius 3 is 2.52 bits per heavy atom. The molecule has 2 aliphatic rings. The van der Waals surface area contributed by atoms with Gasteiger partial charge in [0, 0.05) is 17.8 Å². The van der Waals surface area contributed by atoms with E-state index in [1.165, 1.54) is 25.3 Å². The zero-order chi connectivity index (χ0) is 22.0. The van der Waals surface area contributed by atoms with Gasteiger partial charge in [-0.05, 0) is 62.8 Å². The number of nitrogens with one attached hydrogen (secondary N) is 1. The van der Waals surface area contributed by atoms with Gasteiger partial charge in [-0.3, -0.25) is 4.79 Å². The molecule has 4 rings (SSSR count). The summed E-state index contributed by atoms with van der Waals surface area (Å²) in [5, 5.41) is 13.2. The second-order valence-electron chi connectivity index (χ2n) is 9.20. The zero-order valence-electron chi connectivity index (χ0n) is 18.2. The Morgan fingerprint density at radius 1 is 1.06 bits per heavy atom. The Kier molecular flexibility index (Phi) is 6.75. The average Bonchev–Trinajstić information content (AvgIpc) is 3.08. The maximum atomic E-state index is 14.7. The number of aromatic nitrogens is 1. The van der Waals surface area contributed by atoms with Gasteiger partial charge in [0.15, 0.2) is 0 Å². The number of carbonyl (C=O) groups is 1. The molecule has 0 saturated heterocycles. The van der Waals surface area contributed by atoms with Gasteiger partial charge in [-0.2, -0.15) is 0 Å². The number of hydrogen-bond donors (Lipinski definition) is 2. The van der Waals surface area contributed by atoms with Crippen molar-refractivity contribution in [3.05, 3.63) is 47.2 Å². The summed E-state index contributed by atoms with van der Waals surface area (Å²) in [4.78, 5) is 13.1. The summed E-state index contributed by atoms with van der Waals surface area (Å²) < 4.78 is 30.6. The minimum atomic E-state index is -0.539. The van der Waals surface area contributed by atoms with Crippen LogP contribution >= 0.6 is 0 Å². The van der Waals surface area contributed by atoms with Gasteiger partial charge in [-0.1, -0.05) is 32.1 Å². The summed E-state index contributed by atoms with van der Waals surface area (Å²) in [6.07, 6.45) is 8.66. The maximum absolute atomic E-state index is 14.7. The highest BCUT2D eigenvalue weighted by molar-refractivity contribution is 5.97. The van der Waals surface area contributed by atoms with Crippen molar-refractivity contribution < 1.29 is 18.7 Å². The second kappa shape index (κ2) is 9.51. The molecule has 4 nitrogen and oxygen atoms in total. The molecule has 2 saturated carbocycles. The van der Waals surface area contributed by atoms with Crippen LogP contribution in [0.25, 0.3) is 11.3 Å². The SMILES string of the molecule is Cc1c(C(=O)NC2CCCCC2O)cc(-c2cc(F)ccc2F)n1CC1CCCCC1. The van der Waals surface area contributed by atoms with E-state index in [2.05, 4.69) is 5.32 Å². The number of carbonyl (C=O) groups excluding carboxylic acids is 1. The second-order valence-corrected chi connectivity index (χ2v) is 9.20. The summed E-state index contributed by atoms with van der Waals surface area (Å²) in [5.41, 5.74) is 1.93. The summed E-state index contributed by atoms with van der Waals surface area (Å²) in [6, 6.07) is 4.86. The molecule has 2 aromatic rings. The van der Waals surface area contributed by atoms with Gasteiger partial charge in [0.05, 0.1) is 23.4 Å². The molecule has 1 aromatic carbocycles. The minimum absolute atomic E-state index is 0.177. The van der Waals surface area contributed by atoms with Crippen molar-refractivity contribution in [2.24, 2.45) is 5.92 Å². The average molecular weight is 431 g/mol. The van der Waals surface area contributed by atoms with Crippen LogP contribution in [0.1, 0.15) is 73.8 Å². The van der Waals surface area contributed by atoms with Gasteiger partial charge in [0.2, 0.25) is 0 Å². The van der Waals surface area contributed by atoms with Gasteiger partial charge >= 0.3 is 0 Å². The minimum Gasteiger partial charge on any atom is -0.391 e. The smallest absolute Gasteiger partial charge is 0.253 e. The van der Waals surface area contributed by atoms with Crippen LogP contribution in [0.3, 0.4) is 0 Å². The summed E-state index contributed by atoms with van der Waals surface area (Å²) in [5.74, 6) is -0.801. The predicted molar refractivity (Wildman–Crippen MR) is 117 cm³/mol. The topological polar surface area (TPSA) is 54.3 Å². The number of halogens is 2. The first kappa shape index (κ1) is 22.0. The quantitative estimate of drug-likeness (QED) is 0.671. The first-order chi connectivity index (χ1) is 14.9. The molecule has 0 spiro atoms. The lowest BCUT2D eigenvalue weighted by molar-refractivity contribution is 0.0716. The molecule has 31 heavy (non-hydrogen) atoms. The van der Waals surface area contributed by atoms with Crippen LogP contribution < -0.4 is 5.32 Å². The Labute approximate surface area is 182 Å². The van der Waals surface area contributed by atoms with Gasteiger partial charge in [0.25, 0.3) is 5.91 Å². The van der Waals surface area contributed by atoms with Crippen molar-refractivity contribution >= 4 is 5.91 Å². The Balaban J connectivity index is 1.68. The third kappa shape index (κ3) is 4.84. The van der Waals surface area contributed by atoms with E-state index < -0.39 is 17.7 Å². The molecule has 0 radical (unpaired) electrons. The van der Waals surface area contributed by atoms with Crippen LogP contribution in [0.2, 0.25) is 0 Å². The number of benzene rings is 1. The molecule has 0 bridgehead atoms. The van der Waals surface area contributed by atoms with Crippen molar-refractivity contribution in [2.45, 2.75) is 83.4 Å². The molecular weight excluding hydrogens is 398 g/mol. The predicted octanol–water partition coefficient (Wildman–Crippen LogP) is 5.36. The molecular formula is C25H32F2N2O2. The van der Waals surface area contributed by atoms with E-state index in [1.807, 2.05) is 11.5 Å². The Hall–Kier alpha value is -2.21. The third-order valence-electron chi connectivity index (χ3n) is 7.03. The summed E-state index contributed by atoms with van der Waals surface area (Å²) in [7, 11) is 0. The highest BCUT2D eigenvalue weighted by atomic mass is 19.1. The normalized spacial score (nSPS) is 22.5. The lowest BCUT2D eigenvalue weighted by atomic mass is 9.89. The monoisotopic (exact) mass is 430 g/mol. The first-order valence-electron chi connectivity index (χ1n) is 11.6. The molecule has 2 fully saturated rings. The van der Waals surface area contributed by atoms with Crippen LogP contribution in [0.4, 0.5) is 8.78 Å². The maximum Gasteiger partial charge on any atom is 0.253 e. The highest BCUT2D eigenvalue weighted by Crippen LogP contribution is 2.33.